The molecule has 1 aromatic rings. The Labute approximate surface area is 253 Å². The molecule has 0 heterocycles. The number of methoxy groups -OCH3 is 1. The van der Waals surface area contributed by atoms with E-state index in [-0.39, 0.29) is 32.4 Å². The number of ether oxygens (including phenoxy) is 4. The number of aliphatic hydroxyl groups is 1. The number of aliphatic hydroxyl groups excluding tert-OH is 1. The highest BCUT2D eigenvalue weighted by atomic mass is 16.6. The average Bonchev–Trinajstić information content (AvgIpc) is 2.90. The van der Waals surface area contributed by atoms with Gasteiger partial charge in [-0.3, -0.25) is 9.59 Å². The predicted octanol–water partition coefficient (Wildman–Crippen LogP) is 3.12. The van der Waals surface area contributed by atoms with Crippen LogP contribution < -0.4 is 16.0 Å². The summed E-state index contributed by atoms with van der Waals surface area (Å²) in [4.78, 5) is 62.2. The highest BCUT2D eigenvalue weighted by molar-refractivity contribution is 5.87. The summed E-state index contributed by atoms with van der Waals surface area (Å²) in [5, 5.41) is 18.2. The van der Waals surface area contributed by atoms with Crippen molar-refractivity contribution in [3.8, 4) is 0 Å². The minimum atomic E-state index is -1.70. The van der Waals surface area contributed by atoms with Gasteiger partial charge in [-0.05, 0) is 72.8 Å². The van der Waals surface area contributed by atoms with E-state index in [1.54, 1.807) is 65.8 Å². The van der Waals surface area contributed by atoms with Crippen molar-refractivity contribution in [3.05, 3.63) is 35.9 Å². The maximum absolute atomic E-state index is 13.3. The van der Waals surface area contributed by atoms with E-state index in [0.717, 1.165) is 12.7 Å². The molecule has 0 aliphatic heterocycles. The fourth-order valence-corrected chi connectivity index (χ4v) is 3.70. The number of hydrogen-bond donors (Lipinski definition) is 4. The zero-order valence-corrected chi connectivity index (χ0v) is 26.2. The van der Waals surface area contributed by atoms with Gasteiger partial charge in [0.1, 0.15) is 23.9 Å². The van der Waals surface area contributed by atoms with Gasteiger partial charge in [0.05, 0.1) is 13.2 Å². The summed E-state index contributed by atoms with van der Waals surface area (Å²) in [6.45, 7) is 10.6. The molecule has 3 unspecified atom stereocenters. The SMILES string of the molecule is COC(=O)C(O)C(CCCCNC(=O)OC(C)(C)C)NC(=O)C(CCC(=O)OC(C)(C)C)NC(=O)OCc1ccccc1. The molecular weight excluding hydrogens is 562 g/mol. The van der Waals surface area contributed by atoms with Crippen molar-refractivity contribution >= 4 is 30.0 Å². The second-order valence-electron chi connectivity index (χ2n) is 11.9. The van der Waals surface area contributed by atoms with Crippen LogP contribution in [0.1, 0.15) is 79.2 Å². The molecule has 0 spiro atoms. The smallest absolute Gasteiger partial charge is 0.408 e. The molecule has 0 aromatic heterocycles. The van der Waals surface area contributed by atoms with Gasteiger partial charge in [-0.15, -0.1) is 0 Å². The zero-order chi connectivity index (χ0) is 32.6. The molecule has 0 fully saturated rings. The van der Waals surface area contributed by atoms with Crippen molar-refractivity contribution in [2.75, 3.05) is 13.7 Å². The number of carbonyl (C=O) groups excluding carboxylic acids is 5. The third kappa shape index (κ3) is 17.0. The van der Waals surface area contributed by atoms with Gasteiger partial charge in [-0.1, -0.05) is 30.3 Å². The number of rotatable bonds is 15. The summed E-state index contributed by atoms with van der Waals surface area (Å²) in [7, 11) is 1.10. The molecule has 3 atom stereocenters. The van der Waals surface area contributed by atoms with E-state index in [4.69, 9.17) is 14.2 Å². The number of benzene rings is 1. The van der Waals surface area contributed by atoms with E-state index in [1.807, 2.05) is 6.07 Å². The summed E-state index contributed by atoms with van der Waals surface area (Å²) in [6, 6.07) is 6.58. The Hall–Kier alpha value is -3.87. The number of hydrogen-bond acceptors (Lipinski definition) is 10. The molecule has 43 heavy (non-hydrogen) atoms. The molecule has 0 radical (unpaired) electrons. The minimum Gasteiger partial charge on any atom is -0.467 e. The molecular formula is C30H47N3O10. The van der Waals surface area contributed by atoms with Crippen molar-refractivity contribution in [3.63, 3.8) is 0 Å². The van der Waals surface area contributed by atoms with Crippen molar-refractivity contribution < 1.29 is 48.0 Å². The lowest BCUT2D eigenvalue weighted by Gasteiger charge is -2.26. The van der Waals surface area contributed by atoms with Gasteiger partial charge in [0.25, 0.3) is 0 Å². The number of nitrogens with one attached hydrogen (secondary N) is 3. The van der Waals surface area contributed by atoms with Crippen LogP contribution in [-0.2, 0) is 39.9 Å². The standard InChI is InChI=1S/C30H47N3O10/c1-29(2,3)42-23(34)17-16-22(33-28(39)41-19-20-13-9-8-10-14-20)25(36)32-21(24(35)26(37)40-7)15-11-12-18-31-27(38)43-30(4,5)6/h8-10,13-14,21-22,24,35H,11-12,15-19H2,1-7H3,(H,31,38)(H,32,36)(H,33,39). The van der Waals surface area contributed by atoms with E-state index in [0.29, 0.717) is 12.8 Å². The van der Waals surface area contributed by atoms with Gasteiger partial charge in [0.15, 0.2) is 6.10 Å². The van der Waals surface area contributed by atoms with Gasteiger partial charge in [0.2, 0.25) is 5.91 Å². The van der Waals surface area contributed by atoms with Gasteiger partial charge in [-0.2, -0.15) is 0 Å². The molecule has 0 aliphatic rings. The zero-order valence-electron chi connectivity index (χ0n) is 26.2. The number of amides is 3. The van der Waals surface area contributed by atoms with E-state index in [2.05, 4.69) is 20.7 Å². The van der Waals surface area contributed by atoms with Gasteiger partial charge < -0.3 is 40.0 Å². The van der Waals surface area contributed by atoms with Crippen LogP contribution >= 0.6 is 0 Å². The van der Waals surface area contributed by atoms with Crippen molar-refractivity contribution in [1.82, 2.24) is 16.0 Å². The first kappa shape index (κ1) is 37.2. The first-order valence-corrected chi connectivity index (χ1v) is 14.2. The highest BCUT2D eigenvalue weighted by Gasteiger charge is 2.32. The molecule has 13 heteroatoms. The second kappa shape index (κ2) is 17.9. The maximum Gasteiger partial charge on any atom is 0.408 e. The molecule has 1 rings (SSSR count). The Morgan fingerprint density at radius 1 is 0.837 bits per heavy atom. The largest absolute Gasteiger partial charge is 0.467 e. The Morgan fingerprint density at radius 2 is 1.47 bits per heavy atom. The van der Waals surface area contributed by atoms with Gasteiger partial charge in [-0.25, -0.2) is 14.4 Å². The quantitative estimate of drug-likeness (QED) is 0.131. The van der Waals surface area contributed by atoms with E-state index < -0.39 is 59.4 Å². The summed E-state index contributed by atoms with van der Waals surface area (Å²) in [5.41, 5.74) is -0.660. The average molecular weight is 610 g/mol. The van der Waals surface area contributed by atoms with E-state index >= 15 is 0 Å². The number of carbonyl (C=O) groups is 5. The molecule has 0 aliphatic carbocycles. The predicted molar refractivity (Wildman–Crippen MR) is 157 cm³/mol. The highest BCUT2D eigenvalue weighted by Crippen LogP contribution is 2.13. The molecule has 4 N–H and O–H groups in total. The third-order valence-electron chi connectivity index (χ3n) is 5.64. The first-order chi connectivity index (χ1) is 20.0. The summed E-state index contributed by atoms with van der Waals surface area (Å²) >= 11 is 0. The summed E-state index contributed by atoms with van der Waals surface area (Å²) in [6.07, 6.45) is -2.54. The number of unbranched alkanes of at least 4 members (excludes halogenated alkanes) is 1. The monoisotopic (exact) mass is 609 g/mol. The maximum atomic E-state index is 13.3. The van der Waals surface area contributed by atoms with Crippen molar-refractivity contribution in [2.45, 2.75) is 110 Å². The Morgan fingerprint density at radius 3 is 2.05 bits per heavy atom. The normalized spacial score (nSPS) is 13.5. The fourth-order valence-electron chi connectivity index (χ4n) is 3.70. The van der Waals surface area contributed by atoms with Crippen LogP contribution in [0.2, 0.25) is 0 Å². The molecule has 0 saturated carbocycles. The Balaban J connectivity index is 2.90. The van der Waals surface area contributed by atoms with Crippen LogP contribution in [0, 0.1) is 0 Å². The molecule has 242 valence electrons. The molecule has 3 amide bonds. The summed E-state index contributed by atoms with van der Waals surface area (Å²) in [5.74, 6) is -2.29. The first-order valence-electron chi connectivity index (χ1n) is 14.2. The van der Waals surface area contributed by atoms with Crippen molar-refractivity contribution in [1.29, 1.82) is 0 Å². The summed E-state index contributed by atoms with van der Waals surface area (Å²) < 4.78 is 20.4. The van der Waals surface area contributed by atoms with Crippen LogP contribution in [0.4, 0.5) is 9.59 Å². The number of alkyl carbamates (subject to hydrolysis) is 2. The minimum absolute atomic E-state index is 0.0475. The Bertz CT molecular complexity index is 1050. The van der Waals surface area contributed by atoms with Gasteiger partial charge >= 0.3 is 24.1 Å². The van der Waals surface area contributed by atoms with E-state index in [1.165, 1.54) is 0 Å². The molecule has 1 aromatic carbocycles. The molecule has 0 saturated heterocycles. The Kier molecular flexibility index (Phi) is 15.5. The van der Waals surface area contributed by atoms with E-state index in [9.17, 15) is 29.1 Å². The third-order valence-corrected chi connectivity index (χ3v) is 5.64. The fraction of sp³-hybridized carbons (Fsp3) is 0.633. The van der Waals surface area contributed by atoms with Crippen molar-refractivity contribution in [2.24, 2.45) is 0 Å². The topological polar surface area (TPSA) is 179 Å². The van der Waals surface area contributed by atoms with Crippen LogP contribution in [0.15, 0.2) is 30.3 Å². The number of esters is 2. The second-order valence-corrected chi connectivity index (χ2v) is 11.9. The molecule has 0 bridgehead atoms. The lowest BCUT2D eigenvalue weighted by molar-refractivity contribution is -0.155. The lowest BCUT2D eigenvalue weighted by atomic mass is 10.0. The van der Waals surface area contributed by atoms with Gasteiger partial charge in [0, 0.05) is 13.0 Å². The van der Waals surface area contributed by atoms with Crippen LogP contribution in [-0.4, -0.2) is 78.2 Å². The molecule has 13 nitrogen and oxygen atoms in total. The van der Waals surface area contributed by atoms with Crippen LogP contribution in [0.3, 0.4) is 0 Å². The van der Waals surface area contributed by atoms with Crippen LogP contribution in [0.25, 0.3) is 0 Å². The van der Waals surface area contributed by atoms with Crippen LogP contribution in [0.5, 0.6) is 0 Å². The lowest BCUT2D eigenvalue weighted by Crippen LogP contribution is -2.54.